The Kier molecular flexibility index (Phi) is 7.22. The van der Waals surface area contributed by atoms with Crippen LogP contribution in [0.25, 0.3) is 65.7 Å². The molecular formula is C48H33N. The van der Waals surface area contributed by atoms with E-state index in [1.807, 2.05) is 0 Å². The second-order valence-electron chi connectivity index (χ2n) is 12.5. The van der Waals surface area contributed by atoms with Gasteiger partial charge in [0.1, 0.15) is 0 Å². The summed E-state index contributed by atoms with van der Waals surface area (Å²) in [4.78, 5) is 2.45. The minimum atomic E-state index is 1.11. The van der Waals surface area contributed by atoms with Gasteiger partial charge in [0.05, 0.1) is 11.4 Å². The summed E-state index contributed by atoms with van der Waals surface area (Å²) in [6.07, 6.45) is 0. The quantitative estimate of drug-likeness (QED) is 0.167. The first-order valence-corrected chi connectivity index (χ1v) is 16.9. The van der Waals surface area contributed by atoms with Crippen LogP contribution in [0.15, 0.2) is 200 Å². The topological polar surface area (TPSA) is 3.24 Å². The molecule has 0 atom stereocenters. The largest absolute Gasteiger partial charge is 0.309 e. The van der Waals surface area contributed by atoms with Gasteiger partial charge in [0.25, 0.3) is 0 Å². The summed E-state index contributed by atoms with van der Waals surface area (Å²) in [6.45, 7) is 0. The Labute approximate surface area is 287 Å². The molecule has 0 aliphatic heterocycles. The Balaban J connectivity index is 1.25. The number of hydrogen-bond donors (Lipinski definition) is 0. The first-order valence-electron chi connectivity index (χ1n) is 16.9. The maximum absolute atomic E-state index is 2.45. The van der Waals surface area contributed by atoms with Gasteiger partial charge in [-0.3, -0.25) is 0 Å². The first kappa shape index (κ1) is 28.8. The normalized spacial score (nSPS) is 11.3. The van der Waals surface area contributed by atoms with Crippen molar-refractivity contribution in [3.63, 3.8) is 0 Å². The van der Waals surface area contributed by atoms with Crippen LogP contribution in [0.1, 0.15) is 0 Å². The average Bonchev–Trinajstić information content (AvgIpc) is 3.19. The standard InChI is InChI=1S/C48H33N/c1-3-13-34(14-4-1)35-23-25-36(26-24-35)37-27-30-40(31-28-37)49(47-22-12-11-19-42(47)38-15-5-2-6-16-38)48-33-46-41-18-8-7-17-39(41)29-32-44(46)43-20-9-10-21-45(43)48/h1-33H. The smallest absolute Gasteiger partial charge is 0.0546 e. The number of benzene rings is 9. The number of nitrogens with zero attached hydrogens (tertiary/aromatic N) is 1. The molecule has 1 nitrogen and oxygen atoms in total. The Hall–Kier alpha value is -6.44. The summed E-state index contributed by atoms with van der Waals surface area (Å²) >= 11 is 0. The second-order valence-corrected chi connectivity index (χ2v) is 12.5. The zero-order valence-electron chi connectivity index (χ0n) is 27.0. The van der Waals surface area contributed by atoms with Crippen molar-refractivity contribution in [3.05, 3.63) is 200 Å². The maximum atomic E-state index is 2.45. The van der Waals surface area contributed by atoms with E-state index in [9.17, 15) is 0 Å². The number of anilines is 3. The van der Waals surface area contributed by atoms with Crippen molar-refractivity contribution in [1.82, 2.24) is 0 Å². The molecule has 0 amide bonds. The van der Waals surface area contributed by atoms with Gasteiger partial charge in [-0.25, -0.2) is 0 Å². The molecule has 0 saturated heterocycles. The first-order chi connectivity index (χ1) is 24.3. The van der Waals surface area contributed by atoms with Crippen molar-refractivity contribution in [2.45, 2.75) is 0 Å². The van der Waals surface area contributed by atoms with Crippen molar-refractivity contribution in [2.24, 2.45) is 0 Å². The van der Waals surface area contributed by atoms with Crippen LogP contribution in [0.2, 0.25) is 0 Å². The van der Waals surface area contributed by atoms with Gasteiger partial charge < -0.3 is 4.90 Å². The monoisotopic (exact) mass is 623 g/mol. The van der Waals surface area contributed by atoms with Crippen LogP contribution in [-0.4, -0.2) is 0 Å². The Morgan fingerprint density at radius 1 is 0.265 bits per heavy atom. The van der Waals surface area contributed by atoms with Gasteiger partial charge in [0.15, 0.2) is 0 Å². The fourth-order valence-corrected chi connectivity index (χ4v) is 7.25. The van der Waals surface area contributed by atoms with Crippen LogP contribution in [0, 0.1) is 0 Å². The molecule has 0 aromatic heterocycles. The maximum Gasteiger partial charge on any atom is 0.0546 e. The summed E-state index contributed by atoms with van der Waals surface area (Å²) < 4.78 is 0. The molecule has 1 heteroatoms. The van der Waals surface area contributed by atoms with Gasteiger partial charge in [0.2, 0.25) is 0 Å². The van der Waals surface area contributed by atoms with E-state index in [-0.39, 0.29) is 0 Å². The predicted molar refractivity (Wildman–Crippen MR) is 210 cm³/mol. The molecule has 0 aliphatic carbocycles. The van der Waals surface area contributed by atoms with Crippen molar-refractivity contribution < 1.29 is 0 Å². The molecule has 0 spiro atoms. The Morgan fingerprint density at radius 2 is 0.755 bits per heavy atom. The number of fused-ring (bicyclic) bond motifs is 5. The van der Waals surface area contributed by atoms with Gasteiger partial charge >= 0.3 is 0 Å². The van der Waals surface area contributed by atoms with Crippen LogP contribution in [0.5, 0.6) is 0 Å². The molecule has 230 valence electrons. The lowest BCUT2D eigenvalue weighted by molar-refractivity contribution is 1.30. The number of rotatable bonds is 6. The average molecular weight is 624 g/mol. The molecule has 9 aromatic carbocycles. The van der Waals surface area contributed by atoms with Gasteiger partial charge in [-0.1, -0.05) is 176 Å². The molecule has 9 aromatic rings. The van der Waals surface area contributed by atoms with Crippen LogP contribution in [0.3, 0.4) is 0 Å². The van der Waals surface area contributed by atoms with E-state index >= 15 is 0 Å². The molecule has 0 bridgehead atoms. The molecule has 0 heterocycles. The predicted octanol–water partition coefficient (Wildman–Crippen LogP) is 13.6. The van der Waals surface area contributed by atoms with E-state index in [1.54, 1.807) is 0 Å². The highest BCUT2D eigenvalue weighted by Crippen LogP contribution is 2.46. The molecule has 49 heavy (non-hydrogen) atoms. The lowest BCUT2D eigenvalue weighted by Gasteiger charge is -2.30. The summed E-state index contributed by atoms with van der Waals surface area (Å²) in [7, 11) is 0. The molecule has 0 aliphatic rings. The van der Waals surface area contributed by atoms with Crippen LogP contribution in [0.4, 0.5) is 17.1 Å². The molecule has 0 unspecified atom stereocenters. The van der Waals surface area contributed by atoms with Gasteiger partial charge in [0, 0.05) is 16.6 Å². The lowest BCUT2D eigenvalue weighted by atomic mass is 9.94. The molecular weight excluding hydrogens is 591 g/mol. The van der Waals surface area contributed by atoms with Crippen LogP contribution >= 0.6 is 0 Å². The van der Waals surface area contributed by atoms with Crippen molar-refractivity contribution in [1.29, 1.82) is 0 Å². The zero-order valence-corrected chi connectivity index (χ0v) is 27.0. The van der Waals surface area contributed by atoms with E-state index in [4.69, 9.17) is 0 Å². The minimum absolute atomic E-state index is 1.11. The molecule has 0 radical (unpaired) electrons. The van der Waals surface area contributed by atoms with Crippen LogP contribution < -0.4 is 4.90 Å². The SMILES string of the molecule is c1ccc(-c2ccc(-c3ccc(N(c4ccccc4-c4ccccc4)c4cc5c6ccccc6ccc5c5ccccc45)cc3)cc2)cc1. The Bertz CT molecular complexity index is 2570. The summed E-state index contributed by atoms with van der Waals surface area (Å²) in [6, 6.07) is 72.4. The molecule has 0 fully saturated rings. The number of para-hydroxylation sites is 1. The van der Waals surface area contributed by atoms with E-state index in [1.165, 1.54) is 65.7 Å². The summed E-state index contributed by atoms with van der Waals surface area (Å²) in [5.41, 5.74) is 10.6. The third-order valence-electron chi connectivity index (χ3n) is 9.67. The second kappa shape index (κ2) is 12.3. The fraction of sp³-hybridized carbons (Fsp3) is 0. The summed E-state index contributed by atoms with van der Waals surface area (Å²) in [5, 5.41) is 7.49. The fourth-order valence-electron chi connectivity index (χ4n) is 7.25. The lowest BCUT2D eigenvalue weighted by Crippen LogP contribution is -2.12. The van der Waals surface area contributed by atoms with E-state index in [0.29, 0.717) is 0 Å². The van der Waals surface area contributed by atoms with Crippen molar-refractivity contribution >= 4 is 49.4 Å². The van der Waals surface area contributed by atoms with Gasteiger partial charge in [-0.15, -0.1) is 0 Å². The van der Waals surface area contributed by atoms with E-state index in [0.717, 1.165) is 17.1 Å². The van der Waals surface area contributed by atoms with Gasteiger partial charge in [-0.2, -0.15) is 0 Å². The van der Waals surface area contributed by atoms with E-state index < -0.39 is 0 Å². The highest BCUT2D eigenvalue weighted by atomic mass is 15.1. The zero-order chi connectivity index (χ0) is 32.6. The van der Waals surface area contributed by atoms with Crippen molar-refractivity contribution in [3.8, 4) is 33.4 Å². The highest BCUT2D eigenvalue weighted by molar-refractivity contribution is 6.21. The third-order valence-corrected chi connectivity index (χ3v) is 9.67. The Morgan fingerprint density at radius 3 is 1.45 bits per heavy atom. The highest BCUT2D eigenvalue weighted by Gasteiger charge is 2.21. The number of hydrogen-bond acceptors (Lipinski definition) is 1. The summed E-state index contributed by atoms with van der Waals surface area (Å²) in [5.74, 6) is 0. The minimum Gasteiger partial charge on any atom is -0.309 e. The van der Waals surface area contributed by atoms with Crippen molar-refractivity contribution in [2.75, 3.05) is 4.90 Å². The van der Waals surface area contributed by atoms with Crippen LogP contribution in [-0.2, 0) is 0 Å². The molecule has 0 N–H and O–H groups in total. The van der Waals surface area contributed by atoms with Gasteiger partial charge in [-0.05, 0) is 79.0 Å². The van der Waals surface area contributed by atoms with E-state index in [2.05, 4.69) is 205 Å². The third kappa shape index (κ3) is 5.23. The molecule has 9 rings (SSSR count). The molecule has 0 saturated carbocycles.